The molecule has 0 aromatic heterocycles. The largest absolute Gasteiger partial charge is 0.461 e. The van der Waals surface area contributed by atoms with E-state index < -0.39 is 6.04 Å². The number of carbonyl (C=O) groups is 1. The lowest BCUT2D eigenvalue weighted by Crippen LogP contribution is -2.41. The third kappa shape index (κ3) is 2.69. The van der Waals surface area contributed by atoms with E-state index in [-0.39, 0.29) is 18.0 Å². The van der Waals surface area contributed by atoms with Gasteiger partial charge in [0.1, 0.15) is 12.1 Å². The van der Waals surface area contributed by atoms with Crippen LogP contribution in [0.4, 0.5) is 0 Å². The number of hydrogen-bond acceptors (Lipinski definition) is 3. The molecule has 1 aliphatic rings. The first-order valence-corrected chi connectivity index (χ1v) is 5.11. The Bertz CT molecular complexity index is 178. The van der Waals surface area contributed by atoms with Crippen LogP contribution in [0.5, 0.6) is 0 Å². The summed E-state index contributed by atoms with van der Waals surface area (Å²) in [5, 5.41) is 0. The van der Waals surface area contributed by atoms with Crippen LogP contribution in [0.25, 0.3) is 0 Å². The van der Waals surface area contributed by atoms with Crippen LogP contribution >= 0.6 is 0 Å². The summed E-state index contributed by atoms with van der Waals surface area (Å²) in [5.74, 6) is -0.00775. The molecule has 0 aromatic carbocycles. The Labute approximate surface area is 79.6 Å². The third-order valence-corrected chi connectivity index (χ3v) is 2.86. The second-order valence-corrected chi connectivity index (χ2v) is 3.90. The molecule has 1 aliphatic carbocycles. The van der Waals surface area contributed by atoms with Crippen LogP contribution in [-0.2, 0) is 9.53 Å². The van der Waals surface area contributed by atoms with E-state index in [4.69, 9.17) is 10.5 Å². The van der Waals surface area contributed by atoms with Crippen molar-refractivity contribution < 1.29 is 9.53 Å². The maximum absolute atomic E-state index is 11.4. The maximum atomic E-state index is 11.4. The van der Waals surface area contributed by atoms with Crippen LogP contribution in [0.15, 0.2) is 0 Å². The molecule has 3 heteroatoms. The van der Waals surface area contributed by atoms with Crippen LogP contribution in [-0.4, -0.2) is 18.1 Å². The topological polar surface area (TPSA) is 52.3 Å². The molecule has 2 N–H and O–H groups in total. The fourth-order valence-corrected chi connectivity index (χ4v) is 1.22. The smallest absolute Gasteiger partial charge is 0.323 e. The Kier molecular flexibility index (Phi) is 3.72. The van der Waals surface area contributed by atoms with E-state index >= 15 is 0 Å². The number of hydrogen-bond donors (Lipinski definition) is 1. The fraction of sp³-hybridized carbons (Fsp3) is 0.900. The van der Waals surface area contributed by atoms with Gasteiger partial charge in [0.05, 0.1) is 0 Å². The van der Waals surface area contributed by atoms with Crippen LogP contribution in [0.1, 0.15) is 39.5 Å². The SMILES string of the molecule is CC[C@H](C)[C@H](N)C(=O)OC1CCC1. The molecule has 0 saturated heterocycles. The first-order valence-electron chi connectivity index (χ1n) is 5.11. The molecule has 3 nitrogen and oxygen atoms in total. The first kappa shape index (κ1) is 10.5. The Morgan fingerprint density at radius 2 is 2.23 bits per heavy atom. The Hall–Kier alpha value is -0.570. The molecule has 0 unspecified atom stereocenters. The predicted octanol–water partition coefficient (Wildman–Crippen LogP) is 1.46. The van der Waals surface area contributed by atoms with Gasteiger partial charge < -0.3 is 10.5 Å². The van der Waals surface area contributed by atoms with Gasteiger partial charge in [0.2, 0.25) is 0 Å². The highest BCUT2D eigenvalue weighted by atomic mass is 16.5. The van der Waals surface area contributed by atoms with E-state index in [1.54, 1.807) is 0 Å². The minimum Gasteiger partial charge on any atom is -0.461 e. The van der Waals surface area contributed by atoms with Gasteiger partial charge in [-0.1, -0.05) is 20.3 Å². The lowest BCUT2D eigenvalue weighted by atomic mass is 9.95. The third-order valence-electron chi connectivity index (χ3n) is 2.86. The van der Waals surface area contributed by atoms with E-state index in [9.17, 15) is 4.79 Å². The van der Waals surface area contributed by atoms with Crippen LogP contribution in [0.2, 0.25) is 0 Å². The normalized spacial score (nSPS) is 21.8. The highest BCUT2D eigenvalue weighted by Gasteiger charge is 2.27. The number of esters is 1. The van der Waals surface area contributed by atoms with Crippen LogP contribution in [0, 0.1) is 5.92 Å². The van der Waals surface area contributed by atoms with Crippen molar-refractivity contribution in [2.75, 3.05) is 0 Å². The van der Waals surface area contributed by atoms with Gasteiger partial charge in [-0.3, -0.25) is 4.79 Å². The molecule has 0 radical (unpaired) electrons. The van der Waals surface area contributed by atoms with Gasteiger partial charge in [0.15, 0.2) is 0 Å². The molecule has 0 amide bonds. The first-order chi connectivity index (χ1) is 6.15. The highest BCUT2D eigenvalue weighted by Crippen LogP contribution is 2.22. The molecular formula is C10H19NO2. The number of ether oxygens (including phenoxy) is 1. The quantitative estimate of drug-likeness (QED) is 0.674. The van der Waals surface area contributed by atoms with Crippen LogP contribution < -0.4 is 5.73 Å². The van der Waals surface area contributed by atoms with Crippen molar-refractivity contribution in [3.05, 3.63) is 0 Å². The molecule has 76 valence electrons. The number of rotatable bonds is 4. The minimum absolute atomic E-state index is 0.155. The molecule has 0 heterocycles. The summed E-state index contributed by atoms with van der Waals surface area (Å²) < 4.78 is 5.21. The van der Waals surface area contributed by atoms with Gasteiger partial charge in [-0.25, -0.2) is 0 Å². The van der Waals surface area contributed by atoms with Crippen LogP contribution in [0.3, 0.4) is 0 Å². The molecule has 0 spiro atoms. The summed E-state index contributed by atoms with van der Waals surface area (Å²) in [6.07, 6.45) is 4.28. The molecular weight excluding hydrogens is 166 g/mol. The summed E-state index contributed by atoms with van der Waals surface area (Å²) in [6, 6.07) is -0.439. The average Bonchev–Trinajstić information content (AvgIpc) is 2.08. The molecule has 1 fully saturated rings. The second kappa shape index (κ2) is 4.61. The molecule has 1 saturated carbocycles. The predicted molar refractivity (Wildman–Crippen MR) is 51.2 cm³/mol. The maximum Gasteiger partial charge on any atom is 0.323 e. The Morgan fingerprint density at radius 1 is 1.62 bits per heavy atom. The van der Waals surface area contributed by atoms with E-state index in [2.05, 4.69) is 0 Å². The Balaban J connectivity index is 2.28. The van der Waals surface area contributed by atoms with E-state index in [1.165, 1.54) is 6.42 Å². The van der Waals surface area contributed by atoms with Crippen molar-refractivity contribution in [1.82, 2.24) is 0 Å². The van der Waals surface area contributed by atoms with Gasteiger partial charge in [0.25, 0.3) is 0 Å². The molecule has 1 rings (SSSR count). The lowest BCUT2D eigenvalue weighted by molar-refractivity contribution is -0.155. The van der Waals surface area contributed by atoms with Gasteiger partial charge in [-0.05, 0) is 25.2 Å². The molecule has 0 bridgehead atoms. The lowest BCUT2D eigenvalue weighted by Gasteiger charge is -2.27. The van der Waals surface area contributed by atoms with Gasteiger partial charge >= 0.3 is 5.97 Å². The summed E-state index contributed by atoms with van der Waals surface area (Å²) in [7, 11) is 0. The standard InChI is InChI=1S/C10H19NO2/c1-3-7(2)9(11)10(12)13-8-5-4-6-8/h7-9H,3-6,11H2,1-2H3/t7-,9-/m0/s1. The summed E-state index contributed by atoms with van der Waals surface area (Å²) in [4.78, 5) is 11.4. The minimum atomic E-state index is -0.439. The van der Waals surface area contributed by atoms with E-state index in [0.717, 1.165) is 19.3 Å². The van der Waals surface area contributed by atoms with Gasteiger partial charge in [-0.2, -0.15) is 0 Å². The number of carbonyl (C=O) groups excluding carboxylic acids is 1. The fourth-order valence-electron chi connectivity index (χ4n) is 1.22. The van der Waals surface area contributed by atoms with Crippen molar-refractivity contribution in [3.8, 4) is 0 Å². The van der Waals surface area contributed by atoms with Crippen molar-refractivity contribution in [2.45, 2.75) is 51.7 Å². The van der Waals surface area contributed by atoms with Crippen molar-refractivity contribution >= 4 is 5.97 Å². The highest BCUT2D eigenvalue weighted by molar-refractivity contribution is 5.76. The van der Waals surface area contributed by atoms with Crippen molar-refractivity contribution in [2.24, 2.45) is 11.7 Å². The summed E-state index contributed by atoms with van der Waals surface area (Å²) in [5.41, 5.74) is 5.72. The summed E-state index contributed by atoms with van der Waals surface area (Å²) in [6.45, 7) is 4.01. The number of nitrogens with two attached hydrogens (primary N) is 1. The Morgan fingerprint density at radius 3 is 2.62 bits per heavy atom. The van der Waals surface area contributed by atoms with Crippen molar-refractivity contribution in [3.63, 3.8) is 0 Å². The van der Waals surface area contributed by atoms with Gasteiger partial charge in [-0.15, -0.1) is 0 Å². The molecule has 13 heavy (non-hydrogen) atoms. The summed E-state index contributed by atoms with van der Waals surface area (Å²) >= 11 is 0. The van der Waals surface area contributed by atoms with Gasteiger partial charge in [0, 0.05) is 0 Å². The van der Waals surface area contributed by atoms with E-state index in [1.807, 2.05) is 13.8 Å². The molecule has 0 aliphatic heterocycles. The van der Waals surface area contributed by atoms with Crippen molar-refractivity contribution in [1.29, 1.82) is 0 Å². The van der Waals surface area contributed by atoms with E-state index in [0.29, 0.717) is 0 Å². The molecule has 2 atom stereocenters. The second-order valence-electron chi connectivity index (χ2n) is 3.90. The average molecular weight is 185 g/mol. The zero-order valence-corrected chi connectivity index (χ0v) is 8.45. The molecule has 0 aromatic rings. The zero-order chi connectivity index (χ0) is 9.84. The zero-order valence-electron chi connectivity index (χ0n) is 8.45. The monoisotopic (exact) mass is 185 g/mol.